The van der Waals surface area contributed by atoms with Crippen molar-refractivity contribution in [2.24, 2.45) is 0 Å². The van der Waals surface area contributed by atoms with Crippen LogP contribution in [-0.2, 0) is 12.8 Å². The number of benzene rings is 2. The fourth-order valence-corrected chi connectivity index (χ4v) is 4.04. The molecule has 0 saturated heterocycles. The van der Waals surface area contributed by atoms with E-state index in [0.29, 0.717) is 0 Å². The Kier molecular flexibility index (Phi) is 1.99. The monoisotopic (exact) mass is 256 g/mol. The van der Waals surface area contributed by atoms with E-state index in [4.69, 9.17) is 0 Å². The minimum atomic E-state index is 1.11. The molecule has 0 atom stereocenters. The van der Waals surface area contributed by atoms with Gasteiger partial charge in [-0.2, -0.15) is 0 Å². The smallest absolute Gasteiger partial charge is 0.00133 e. The minimum Gasteiger partial charge on any atom is -0.0836 e. The van der Waals surface area contributed by atoms with Gasteiger partial charge in [-0.15, -0.1) is 0 Å². The molecule has 0 amide bonds. The van der Waals surface area contributed by atoms with E-state index in [0.717, 1.165) is 6.42 Å². The van der Waals surface area contributed by atoms with Crippen molar-refractivity contribution in [3.8, 4) is 11.1 Å². The summed E-state index contributed by atoms with van der Waals surface area (Å²) >= 11 is 0. The first-order valence-electron chi connectivity index (χ1n) is 7.53. The molecular weight excluding hydrogens is 240 g/mol. The fourth-order valence-electron chi connectivity index (χ4n) is 4.04. The second-order valence-corrected chi connectivity index (χ2v) is 6.14. The summed E-state index contributed by atoms with van der Waals surface area (Å²) in [4.78, 5) is 0. The fraction of sp³-hybridized carbons (Fsp3) is 0.200. The average molecular weight is 256 g/mol. The van der Waals surface area contributed by atoms with Crippen molar-refractivity contribution >= 4 is 5.57 Å². The Bertz CT molecular complexity index is 803. The Morgan fingerprint density at radius 1 is 0.750 bits per heavy atom. The van der Waals surface area contributed by atoms with Crippen LogP contribution in [0.15, 0.2) is 54.1 Å². The van der Waals surface area contributed by atoms with Gasteiger partial charge in [0.2, 0.25) is 0 Å². The van der Waals surface area contributed by atoms with E-state index in [1.165, 1.54) is 52.7 Å². The van der Waals surface area contributed by atoms with Gasteiger partial charge >= 0.3 is 0 Å². The quantitative estimate of drug-likeness (QED) is 0.535. The summed E-state index contributed by atoms with van der Waals surface area (Å²) in [5, 5.41) is 0. The van der Waals surface area contributed by atoms with Gasteiger partial charge in [0.1, 0.15) is 0 Å². The summed E-state index contributed by atoms with van der Waals surface area (Å²) in [6, 6.07) is 13.8. The van der Waals surface area contributed by atoms with Gasteiger partial charge in [-0.05, 0) is 70.7 Å². The Morgan fingerprint density at radius 2 is 1.65 bits per heavy atom. The molecule has 0 heterocycles. The van der Waals surface area contributed by atoms with Crippen molar-refractivity contribution in [3.63, 3.8) is 0 Å². The largest absolute Gasteiger partial charge is 0.0836 e. The predicted octanol–water partition coefficient (Wildman–Crippen LogP) is 4.92. The van der Waals surface area contributed by atoms with E-state index in [2.05, 4.69) is 48.6 Å². The second-order valence-electron chi connectivity index (χ2n) is 6.14. The van der Waals surface area contributed by atoms with Crippen molar-refractivity contribution in [2.45, 2.75) is 25.7 Å². The molecule has 3 aliphatic carbocycles. The van der Waals surface area contributed by atoms with Gasteiger partial charge in [0.25, 0.3) is 0 Å². The molecule has 0 radical (unpaired) electrons. The van der Waals surface area contributed by atoms with E-state index in [9.17, 15) is 0 Å². The zero-order chi connectivity index (χ0) is 13.1. The molecule has 96 valence electrons. The van der Waals surface area contributed by atoms with Gasteiger partial charge in [-0.25, -0.2) is 0 Å². The highest BCUT2D eigenvalue weighted by atomic mass is 14.3. The molecule has 0 saturated carbocycles. The van der Waals surface area contributed by atoms with Crippen molar-refractivity contribution < 1.29 is 0 Å². The molecular formula is C20H16. The first-order valence-corrected chi connectivity index (χ1v) is 7.53. The van der Waals surface area contributed by atoms with E-state index in [1.54, 1.807) is 11.1 Å². The van der Waals surface area contributed by atoms with Crippen molar-refractivity contribution in [2.75, 3.05) is 0 Å². The maximum absolute atomic E-state index is 2.47. The van der Waals surface area contributed by atoms with Gasteiger partial charge in [-0.1, -0.05) is 48.1 Å². The Balaban J connectivity index is 1.74. The number of rotatable bonds is 0. The lowest BCUT2D eigenvalue weighted by atomic mass is 9.95. The molecule has 0 aliphatic heterocycles. The predicted molar refractivity (Wildman–Crippen MR) is 83.7 cm³/mol. The molecule has 0 spiro atoms. The van der Waals surface area contributed by atoms with E-state index in [1.807, 2.05) is 0 Å². The standard InChI is InChI=1S/C20H16/c1-3-7-17-13(5-1)9-15-11-16-10-14-6-2-4-8-18(14)20(16)12-19(15)17/h1,3-5,7-8,11-12H,2,6,9-10H2. The van der Waals surface area contributed by atoms with E-state index in [-0.39, 0.29) is 0 Å². The van der Waals surface area contributed by atoms with Crippen LogP contribution in [0.2, 0.25) is 0 Å². The van der Waals surface area contributed by atoms with Crippen molar-refractivity contribution in [1.29, 1.82) is 0 Å². The molecule has 0 N–H and O–H groups in total. The van der Waals surface area contributed by atoms with Crippen LogP contribution in [0.1, 0.15) is 35.1 Å². The molecule has 0 fully saturated rings. The average Bonchev–Trinajstić information content (AvgIpc) is 3.02. The third-order valence-corrected chi connectivity index (χ3v) is 4.99. The molecule has 0 nitrogen and oxygen atoms in total. The number of hydrogen-bond acceptors (Lipinski definition) is 0. The van der Waals surface area contributed by atoms with Crippen LogP contribution in [0.5, 0.6) is 0 Å². The third-order valence-electron chi connectivity index (χ3n) is 4.99. The van der Waals surface area contributed by atoms with Crippen LogP contribution >= 0.6 is 0 Å². The lowest BCUT2D eigenvalue weighted by Crippen LogP contribution is -1.88. The highest BCUT2D eigenvalue weighted by molar-refractivity contribution is 5.88. The molecule has 3 aliphatic rings. The number of hydrogen-bond donors (Lipinski definition) is 0. The molecule has 2 aromatic carbocycles. The van der Waals surface area contributed by atoms with Crippen LogP contribution < -0.4 is 0 Å². The second kappa shape index (κ2) is 3.73. The van der Waals surface area contributed by atoms with Crippen LogP contribution in [0.4, 0.5) is 0 Å². The Labute approximate surface area is 119 Å². The summed E-state index contributed by atoms with van der Waals surface area (Å²) in [5.41, 5.74) is 12.1. The van der Waals surface area contributed by atoms with Crippen LogP contribution in [-0.4, -0.2) is 0 Å². The van der Waals surface area contributed by atoms with Gasteiger partial charge in [-0.3, -0.25) is 0 Å². The zero-order valence-corrected chi connectivity index (χ0v) is 11.4. The van der Waals surface area contributed by atoms with E-state index >= 15 is 0 Å². The number of allylic oxidation sites excluding steroid dienone is 4. The lowest BCUT2D eigenvalue weighted by molar-refractivity contribution is 0.934. The first kappa shape index (κ1) is 10.7. The summed E-state index contributed by atoms with van der Waals surface area (Å²) in [6.45, 7) is 0. The summed E-state index contributed by atoms with van der Waals surface area (Å²) in [7, 11) is 0. The summed E-state index contributed by atoms with van der Waals surface area (Å²) in [5.74, 6) is 0. The van der Waals surface area contributed by atoms with Crippen molar-refractivity contribution in [3.05, 3.63) is 76.4 Å². The molecule has 5 rings (SSSR count). The molecule has 2 aromatic rings. The van der Waals surface area contributed by atoms with Gasteiger partial charge in [0, 0.05) is 0 Å². The maximum Gasteiger partial charge on any atom is -0.00133 e. The minimum absolute atomic E-state index is 1.11. The molecule has 20 heavy (non-hydrogen) atoms. The lowest BCUT2D eigenvalue weighted by Gasteiger charge is -2.09. The third kappa shape index (κ3) is 1.31. The molecule has 0 bridgehead atoms. The SMILES string of the molecule is C1=CC2=C(CC1)Cc1cc3c(cc12)-c1ccccc1C3. The molecule has 0 heteroatoms. The molecule has 0 aromatic heterocycles. The van der Waals surface area contributed by atoms with Gasteiger partial charge in [0.05, 0.1) is 0 Å². The van der Waals surface area contributed by atoms with Crippen LogP contribution in [0.25, 0.3) is 16.7 Å². The van der Waals surface area contributed by atoms with Gasteiger partial charge in [0.15, 0.2) is 0 Å². The Morgan fingerprint density at radius 3 is 2.65 bits per heavy atom. The topological polar surface area (TPSA) is 0 Å². The number of fused-ring (bicyclic) bond motifs is 5. The summed E-state index contributed by atoms with van der Waals surface area (Å²) in [6.07, 6.45) is 9.43. The maximum atomic E-state index is 2.47. The zero-order valence-electron chi connectivity index (χ0n) is 11.4. The van der Waals surface area contributed by atoms with Crippen molar-refractivity contribution in [1.82, 2.24) is 0 Å². The highest BCUT2D eigenvalue weighted by Crippen LogP contribution is 2.44. The highest BCUT2D eigenvalue weighted by Gasteiger charge is 2.26. The first-order chi connectivity index (χ1) is 9.90. The van der Waals surface area contributed by atoms with Crippen LogP contribution in [0, 0.1) is 0 Å². The van der Waals surface area contributed by atoms with E-state index < -0.39 is 0 Å². The Hall–Kier alpha value is -2.08. The molecule has 0 unspecified atom stereocenters. The normalized spacial score (nSPS) is 17.8. The van der Waals surface area contributed by atoms with Gasteiger partial charge < -0.3 is 0 Å². The summed E-state index contributed by atoms with van der Waals surface area (Å²) < 4.78 is 0. The van der Waals surface area contributed by atoms with Crippen LogP contribution in [0.3, 0.4) is 0 Å².